The summed E-state index contributed by atoms with van der Waals surface area (Å²) in [5.41, 5.74) is 8.82. The van der Waals surface area contributed by atoms with Crippen LogP contribution in [0.25, 0.3) is 22.0 Å². The Kier molecular flexibility index (Phi) is 12.2. The number of anilines is 1. The van der Waals surface area contributed by atoms with Gasteiger partial charge in [-0.2, -0.15) is 0 Å². The van der Waals surface area contributed by atoms with Crippen LogP contribution in [0.1, 0.15) is 94.4 Å². The van der Waals surface area contributed by atoms with Gasteiger partial charge < -0.3 is 30.2 Å². The summed E-state index contributed by atoms with van der Waals surface area (Å²) < 4.78 is 31.3. The molecule has 3 aromatic carbocycles. The van der Waals surface area contributed by atoms with Crippen LogP contribution in [0.5, 0.6) is 0 Å². The van der Waals surface area contributed by atoms with Crippen molar-refractivity contribution < 1.29 is 37.8 Å². The predicted octanol–water partition coefficient (Wildman–Crippen LogP) is 7.26. The number of rotatable bonds is 12. The molecule has 3 N–H and O–H groups in total. The third kappa shape index (κ3) is 10.7. The van der Waals surface area contributed by atoms with E-state index in [-0.39, 0.29) is 30.6 Å². The highest BCUT2D eigenvalue weighted by Crippen LogP contribution is 2.32. The topological polar surface area (TPSA) is 163 Å². The van der Waals surface area contributed by atoms with E-state index >= 15 is 0 Å². The normalized spacial score (nSPS) is 13.3. The molecule has 0 spiro atoms. The number of halogens is 1. The number of nitrogens with zero attached hydrogens (tertiary/aromatic N) is 3. The van der Waals surface area contributed by atoms with E-state index < -0.39 is 41.0 Å². The Labute approximate surface area is 314 Å². The minimum absolute atomic E-state index is 0.0473. The summed E-state index contributed by atoms with van der Waals surface area (Å²) >= 11 is 0. The molecular weight excluding hydrogens is 693 g/mol. The fourth-order valence-electron chi connectivity index (χ4n) is 6.22. The molecule has 0 unspecified atom stereocenters. The van der Waals surface area contributed by atoms with E-state index in [2.05, 4.69) is 15.3 Å². The summed E-state index contributed by atoms with van der Waals surface area (Å²) in [5.74, 6) is -2.85. The number of fused-ring (bicyclic) bond motifs is 2. The zero-order valence-corrected chi connectivity index (χ0v) is 31.7. The largest absolute Gasteiger partial charge is 0.461 e. The molecule has 4 aromatic rings. The van der Waals surface area contributed by atoms with Crippen molar-refractivity contribution in [1.29, 1.82) is 0 Å². The number of nitrogens with two attached hydrogens (primary N) is 1. The summed E-state index contributed by atoms with van der Waals surface area (Å²) in [6, 6.07) is 17.1. The first-order chi connectivity index (χ1) is 25.5. The predicted molar refractivity (Wildman–Crippen MR) is 201 cm³/mol. The van der Waals surface area contributed by atoms with Gasteiger partial charge in [0.2, 0.25) is 5.95 Å². The van der Waals surface area contributed by atoms with Crippen molar-refractivity contribution in [3.63, 3.8) is 0 Å². The van der Waals surface area contributed by atoms with Gasteiger partial charge in [0.15, 0.2) is 0 Å². The molecule has 1 aromatic heterocycles. The molecule has 0 fully saturated rings. The van der Waals surface area contributed by atoms with Crippen LogP contribution in [0.15, 0.2) is 60.7 Å². The van der Waals surface area contributed by atoms with E-state index in [1.165, 1.54) is 18.2 Å². The lowest BCUT2D eigenvalue weighted by molar-refractivity contribution is -0.162. The molecule has 13 heteroatoms. The number of ether oxygens (including phenoxy) is 3. The first-order valence-electron chi connectivity index (χ1n) is 18.0. The molecule has 1 atom stereocenters. The lowest BCUT2D eigenvalue weighted by Crippen LogP contribution is -2.33. The fraction of sp³-hybridized carbons (Fsp3) is 0.415. The van der Waals surface area contributed by atoms with Gasteiger partial charge in [0.1, 0.15) is 29.3 Å². The first kappa shape index (κ1) is 39.6. The van der Waals surface area contributed by atoms with Crippen LogP contribution in [-0.4, -0.2) is 56.6 Å². The molecule has 0 radical (unpaired) electrons. The molecule has 1 aliphatic rings. The first-order valence-corrected chi connectivity index (χ1v) is 18.0. The van der Waals surface area contributed by atoms with Gasteiger partial charge in [-0.15, -0.1) is 0 Å². The van der Waals surface area contributed by atoms with Gasteiger partial charge in [-0.3, -0.25) is 14.4 Å². The van der Waals surface area contributed by atoms with Gasteiger partial charge >= 0.3 is 18.0 Å². The maximum Gasteiger partial charge on any atom is 0.407 e. The third-order valence-corrected chi connectivity index (χ3v) is 8.61. The average molecular weight is 742 g/mol. The van der Waals surface area contributed by atoms with Crippen molar-refractivity contribution >= 4 is 40.8 Å². The Hall–Kier alpha value is -5.59. The number of carbonyl (C=O) groups excluding carboxylic acids is 4. The van der Waals surface area contributed by atoms with Crippen LogP contribution in [0, 0.1) is 11.7 Å². The molecule has 54 heavy (non-hydrogen) atoms. The molecule has 5 rings (SSSR count). The molecule has 0 saturated carbocycles. The third-order valence-electron chi connectivity index (χ3n) is 8.61. The van der Waals surface area contributed by atoms with Crippen LogP contribution in [0.2, 0.25) is 0 Å². The smallest absolute Gasteiger partial charge is 0.407 e. The van der Waals surface area contributed by atoms with E-state index in [1.807, 2.05) is 24.3 Å². The summed E-state index contributed by atoms with van der Waals surface area (Å²) in [6.45, 7) is 11.5. The quantitative estimate of drug-likeness (QED) is 0.0858. The SMILES string of the molecule is CC(C)(C)OC(=O)C[C@@H](CCCCNC(=O)OC(C)(C)C)C(=O)OCc1ccc(F)cc1-c1ccc2nc(N)nc(C(=O)N3Cc4ccccc4C3)c2c1. The number of aromatic nitrogens is 2. The second-order valence-corrected chi connectivity index (χ2v) is 15.4. The molecule has 286 valence electrons. The summed E-state index contributed by atoms with van der Waals surface area (Å²) in [7, 11) is 0. The number of carbonyl (C=O) groups is 4. The number of amides is 2. The highest BCUT2D eigenvalue weighted by Gasteiger charge is 2.29. The highest BCUT2D eigenvalue weighted by atomic mass is 19.1. The maximum absolute atomic E-state index is 14.8. The molecule has 2 heterocycles. The minimum Gasteiger partial charge on any atom is -0.461 e. The van der Waals surface area contributed by atoms with Crippen molar-refractivity contribution in [2.45, 2.75) is 98.1 Å². The van der Waals surface area contributed by atoms with E-state index in [4.69, 9.17) is 19.9 Å². The number of hydrogen-bond acceptors (Lipinski definition) is 10. The minimum atomic E-state index is -0.821. The van der Waals surface area contributed by atoms with E-state index in [0.717, 1.165) is 11.1 Å². The fourth-order valence-corrected chi connectivity index (χ4v) is 6.22. The standard InChI is InChI=1S/C41H48FN5O7/c1-40(2,3)53-34(48)20-26(11-9-10-18-44-39(51)54-41(4,5)6)37(50)52-24-29-14-16-30(42)21-31(29)25-15-17-33-32(19-25)35(46-38(43)45-33)36(49)47-22-27-12-7-8-13-28(27)23-47/h7-8,12-17,19,21,26H,9-11,18,20,22-24H2,1-6H3,(H,44,51)(H2,43,45,46)/t26-/m1/s1. The maximum atomic E-state index is 14.8. The molecule has 0 saturated heterocycles. The number of unbranched alkanes of at least 4 members (excludes halogenated alkanes) is 1. The monoisotopic (exact) mass is 741 g/mol. The number of alkyl carbamates (subject to hydrolysis) is 1. The lowest BCUT2D eigenvalue weighted by atomic mass is 9.97. The van der Waals surface area contributed by atoms with Crippen LogP contribution >= 0.6 is 0 Å². The van der Waals surface area contributed by atoms with Crippen molar-refractivity contribution in [3.8, 4) is 11.1 Å². The second kappa shape index (κ2) is 16.6. The Morgan fingerprint density at radius 1 is 0.889 bits per heavy atom. The van der Waals surface area contributed by atoms with E-state index in [9.17, 15) is 23.6 Å². The Morgan fingerprint density at radius 3 is 2.24 bits per heavy atom. The highest BCUT2D eigenvalue weighted by molar-refractivity contribution is 6.06. The number of benzene rings is 3. The summed E-state index contributed by atoms with van der Waals surface area (Å²) in [4.78, 5) is 62.5. The number of hydrogen-bond donors (Lipinski definition) is 2. The Morgan fingerprint density at radius 2 is 1.57 bits per heavy atom. The van der Waals surface area contributed by atoms with Crippen LogP contribution in [0.4, 0.5) is 15.1 Å². The van der Waals surface area contributed by atoms with Gasteiger partial charge in [0, 0.05) is 25.0 Å². The molecule has 1 aliphatic heterocycles. The number of nitrogen functional groups attached to an aromatic ring is 1. The van der Waals surface area contributed by atoms with Crippen LogP contribution in [-0.2, 0) is 43.5 Å². The van der Waals surface area contributed by atoms with E-state index in [1.54, 1.807) is 64.6 Å². The molecule has 2 amide bonds. The zero-order chi connectivity index (χ0) is 39.2. The van der Waals surface area contributed by atoms with Crippen molar-refractivity contribution in [1.82, 2.24) is 20.2 Å². The van der Waals surface area contributed by atoms with Gasteiger partial charge in [0.25, 0.3) is 5.91 Å². The van der Waals surface area contributed by atoms with Crippen molar-refractivity contribution in [3.05, 3.63) is 88.9 Å². The van der Waals surface area contributed by atoms with Gasteiger partial charge in [-0.1, -0.05) is 42.8 Å². The number of esters is 2. The average Bonchev–Trinajstić information content (AvgIpc) is 3.52. The van der Waals surface area contributed by atoms with Crippen LogP contribution in [0.3, 0.4) is 0 Å². The van der Waals surface area contributed by atoms with Crippen molar-refractivity contribution in [2.24, 2.45) is 5.92 Å². The Balaban J connectivity index is 1.33. The van der Waals surface area contributed by atoms with Gasteiger partial charge in [-0.25, -0.2) is 19.2 Å². The second-order valence-electron chi connectivity index (χ2n) is 15.4. The summed E-state index contributed by atoms with van der Waals surface area (Å²) in [6.07, 6.45) is 0.613. The lowest BCUT2D eigenvalue weighted by Gasteiger charge is -2.22. The van der Waals surface area contributed by atoms with Gasteiger partial charge in [-0.05, 0) is 106 Å². The summed E-state index contributed by atoms with van der Waals surface area (Å²) in [5, 5.41) is 3.13. The Bertz CT molecular complexity index is 2010. The molecule has 0 aliphatic carbocycles. The zero-order valence-electron chi connectivity index (χ0n) is 31.7. The molecule has 0 bridgehead atoms. The molecular formula is C41H48FN5O7. The van der Waals surface area contributed by atoms with Gasteiger partial charge in [0.05, 0.1) is 17.9 Å². The number of nitrogens with one attached hydrogen (secondary N) is 1. The van der Waals surface area contributed by atoms with Crippen molar-refractivity contribution in [2.75, 3.05) is 12.3 Å². The molecule has 12 nitrogen and oxygen atoms in total. The van der Waals surface area contributed by atoms with Crippen LogP contribution < -0.4 is 11.1 Å². The van der Waals surface area contributed by atoms with E-state index in [0.29, 0.717) is 66.5 Å².